The Kier molecular flexibility index (Phi) is 5.44. The number of halogens is 1. The van der Waals surface area contributed by atoms with Crippen LogP contribution in [0.25, 0.3) is 10.6 Å². The molecule has 3 aromatic rings. The molecule has 29 heavy (non-hydrogen) atoms. The maximum atomic E-state index is 13.1. The zero-order chi connectivity index (χ0) is 20.2. The van der Waals surface area contributed by atoms with Gasteiger partial charge < -0.3 is 5.32 Å². The first-order valence-electron chi connectivity index (χ1n) is 9.02. The van der Waals surface area contributed by atoms with Gasteiger partial charge in [-0.15, -0.1) is 11.3 Å². The normalized spacial score (nSPS) is 13.9. The number of carbonyl (C=O) groups is 2. The van der Waals surface area contributed by atoms with E-state index in [0.29, 0.717) is 5.69 Å². The molecular weight excluding hydrogens is 391 g/mol. The van der Waals surface area contributed by atoms with Crippen molar-refractivity contribution in [3.05, 3.63) is 71.5 Å². The number of hydrazone groups is 1. The molecule has 0 aliphatic carbocycles. The number of hydrogen-bond donors (Lipinski definition) is 1. The van der Waals surface area contributed by atoms with Gasteiger partial charge in [0.15, 0.2) is 0 Å². The van der Waals surface area contributed by atoms with Gasteiger partial charge in [-0.2, -0.15) is 5.10 Å². The van der Waals surface area contributed by atoms with Gasteiger partial charge >= 0.3 is 0 Å². The summed E-state index contributed by atoms with van der Waals surface area (Å²) in [5.41, 5.74) is 2.64. The number of thiazole rings is 1. The lowest BCUT2D eigenvalue weighted by molar-refractivity contribution is -0.132. The van der Waals surface area contributed by atoms with Gasteiger partial charge in [0.25, 0.3) is 5.91 Å². The average Bonchev–Trinajstić information content (AvgIpc) is 3.27. The number of carbonyl (C=O) groups excluding carboxylic acids is 2. The summed E-state index contributed by atoms with van der Waals surface area (Å²) in [6.45, 7) is 0.193. The Balaban J connectivity index is 1.44. The van der Waals surface area contributed by atoms with Crippen molar-refractivity contribution in [3.63, 3.8) is 0 Å². The van der Waals surface area contributed by atoms with Crippen LogP contribution in [0.15, 0.2) is 65.2 Å². The number of benzene rings is 2. The van der Waals surface area contributed by atoms with Crippen molar-refractivity contribution in [2.75, 3.05) is 5.32 Å². The van der Waals surface area contributed by atoms with Crippen molar-refractivity contribution in [2.24, 2.45) is 5.10 Å². The van der Waals surface area contributed by atoms with Crippen LogP contribution in [-0.4, -0.2) is 27.5 Å². The predicted molar refractivity (Wildman–Crippen MR) is 110 cm³/mol. The summed E-state index contributed by atoms with van der Waals surface area (Å²) in [6.07, 6.45) is 2.23. The maximum Gasteiger partial charge on any atom is 0.271 e. The summed E-state index contributed by atoms with van der Waals surface area (Å²) in [4.78, 5) is 29.0. The molecule has 4 rings (SSSR count). The van der Waals surface area contributed by atoms with Crippen LogP contribution in [0.3, 0.4) is 0 Å². The van der Waals surface area contributed by atoms with E-state index >= 15 is 0 Å². The quantitative estimate of drug-likeness (QED) is 0.692. The number of rotatable bonds is 5. The molecule has 2 aromatic carbocycles. The molecule has 2 heterocycles. The Morgan fingerprint density at radius 3 is 2.55 bits per heavy atom. The number of hydrogen-bond acceptors (Lipinski definition) is 5. The standard InChI is InChI=1S/C21H17FN4O2S/c22-16-5-1-14(2-6-16)13-26-19(27)10-9-18(25-26)20(28)24-17-7-3-15(4-8-17)21-23-11-12-29-21/h1-8,11-12H,9-10,13H2,(H,24,28). The Morgan fingerprint density at radius 2 is 1.86 bits per heavy atom. The van der Waals surface area contributed by atoms with Gasteiger partial charge in [-0.05, 0) is 42.0 Å². The highest BCUT2D eigenvalue weighted by atomic mass is 32.1. The first-order valence-corrected chi connectivity index (χ1v) is 9.90. The summed E-state index contributed by atoms with van der Waals surface area (Å²) in [5, 5.41) is 11.1. The van der Waals surface area contributed by atoms with Crippen LogP contribution in [0, 0.1) is 5.82 Å². The fourth-order valence-electron chi connectivity index (χ4n) is 2.92. The van der Waals surface area contributed by atoms with Crippen molar-refractivity contribution in [1.82, 2.24) is 9.99 Å². The van der Waals surface area contributed by atoms with Crippen LogP contribution in [0.2, 0.25) is 0 Å². The summed E-state index contributed by atoms with van der Waals surface area (Å²) in [5.74, 6) is -0.856. The molecule has 0 saturated heterocycles. The summed E-state index contributed by atoms with van der Waals surface area (Å²) in [6, 6.07) is 13.2. The van der Waals surface area contributed by atoms with Crippen molar-refractivity contribution in [2.45, 2.75) is 19.4 Å². The smallest absolute Gasteiger partial charge is 0.271 e. The highest BCUT2D eigenvalue weighted by molar-refractivity contribution is 7.13. The first-order chi connectivity index (χ1) is 14.1. The van der Waals surface area contributed by atoms with E-state index in [1.54, 1.807) is 41.8 Å². The van der Waals surface area contributed by atoms with E-state index < -0.39 is 0 Å². The van der Waals surface area contributed by atoms with Crippen LogP contribution >= 0.6 is 11.3 Å². The number of aromatic nitrogens is 1. The second-order valence-corrected chi connectivity index (χ2v) is 7.39. The van der Waals surface area contributed by atoms with E-state index in [9.17, 15) is 14.0 Å². The molecule has 6 nitrogen and oxygen atoms in total. The summed E-state index contributed by atoms with van der Waals surface area (Å²) in [7, 11) is 0. The predicted octanol–water partition coefficient (Wildman–Crippen LogP) is 4.07. The third kappa shape index (κ3) is 4.55. The number of nitrogens with zero attached hydrogens (tertiary/aromatic N) is 3. The molecule has 0 radical (unpaired) electrons. The molecule has 2 amide bonds. The van der Waals surface area contributed by atoms with E-state index in [1.165, 1.54) is 17.1 Å². The molecule has 1 aromatic heterocycles. The molecule has 146 valence electrons. The number of anilines is 1. The fourth-order valence-corrected chi connectivity index (χ4v) is 3.56. The van der Waals surface area contributed by atoms with Gasteiger partial charge in [0.2, 0.25) is 5.91 Å². The highest BCUT2D eigenvalue weighted by Crippen LogP contribution is 2.23. The van der Waals surface area contributed by atoms with Gasteiger partial charge in [-0.3, -0.25) is 9.59 Å². The van der Waals surface area contributed by atoms with Gasteiger partial charge in [-0.25, -0.2) is 14.4 Å². The van der Waals surface area contributed by atoms with E-state index in [2.05, 4.69) is 15.4 Å². The van der Waals surface area contributed by atoms with E-state index in [-0.39, 0.29) is 42.7 Å². The zero-order valence-electron chi connectivity index (χ0n) is 15.3. The maximum absolute atomic E-state index is 13.1. The Hall–Kier alpha value is -3.39. The molecule has 1 N–H and O–H groups in total. The first kappa shape index (κ1) is 18.9. The zero-order valence-corrected chi connectivity index (χ0v) is 16.2. The third-order valence-corrected chi connectivity index (χ3v) is 5.26. The van der Waals surface area contributed by atoms with E-state index in [0.717, 1.165) is 16.1 Å². The van der Waals surface area contributed by atoms with E-state index in [4.69, 9.17) is 0 Å². The summed E-state index contributed by atoms with van der Waals surface area (Å²) < 4.78 is 13.1. The van der Waals surface area contributed by atoms with Crippen molar-refractivity contribution in [3.8, 4) is 10.6 Å². The summed E-state index contributed by atoms with van der Waals surface area (Å²) >= 11 is 1.54. The average molecular weight is 408 g/mol. The topological polar surface area (TPSA) is 74.7 Å². The Labute approximate surface area is 170 Å². The van der Waals surface area contributed by atoms with Crippen LogP contribution in [-0.2, 0) is 16.1 Å². The molecule has 0 unspecified atom stereocenters. The van der Waals surface area contributed by atoms with Gasteiger partial charge in [-0.1, -0.05) is 12.1 Å². The fraction of sp³-hybridized carbons (Fsp3) is 0.143. The number of nitrogens with one attached hydrogen (secondary N) is 1. The van der Waals surface area contributed by atoms with Crippen LogP contribution in [0.1, 0.15) is 18.4 Å². The van der Waals surface area contributed by atoms with Crippen LogP contribution in [0.5, 0.6) is 0 Å². The minimum atomic E-state index is -0.344. The molecular formula is C21H17FN4O2S. The highest BCUT2D eigenvalue weighted by Gasteiger charge is 2.24. The molecule has 0 atom stereocenters. The lowest BCUT2D eigenvalue weighted by Crippen LogP contribution is -2.36. The lowest BCUT2D eigenvalue weighted by Gasteiger charge is -2.23. The number of amides is 2. The van der Waals surface area contributed by atoms with Gasteiger partial charge in [0, 0.05) is 35.7 Å². The lowest BCUT2D eigenvalue weighted by atomic mass is 10.1. The SMILES string of the molecule is O=C(Nc1ccc(-c2nccs2)cc1)C1=NN(Cc2ccc(F)cc2)C(=O)CC1. The van der Waals surface area contributed by atoms with Crippen molar-refractivity contribution in [1.29, 1.82) is 0 Å². The molecule has 0 bridgehead atoms. The van der Waals surface area contributed by atoms with Crippen LogP contribution in [0.4, 0.5) is 10.1 Å². The molecule has 0 saturated carbocycles. The third-order valence-electron chi connectivity index (χ3n) is 4.43. The van der Waals surface area contributed by atoms with Gasteiger partial charge in [0.05, 0.1) is 6.54 Å². The minimum Gasteiger partial charge on any atom is -0.321 e. The van der Waals surface area contributed by atoms with Crippen LogP contribution < -0.4 is 5.32 Å². The molecule has 1 aliphatic rings. The Morgan fingerprint density at radius 1 is 1.10 bits per heavy atom. The monoisotopic (exact) mass is 408 g/mol. The van der Waals surface area contributed by atoms with Crippen molar-refractivity contribution < 1.29 is 14.0 Å². The second kappa shape index (κ2) is 8.32. The molecule has 0 spiro atoms. The Bertz CT molecular complexity index is 1050. The molecule has 0 fully saturated rings. The second-order valence-electron chi connectivity index (χ2n) is 6.49. The van der Waals surface area contributed by atoms with Gasteiger partial charge in [0.1, 0.15) is 16.5 Å². The largest absolute Gasteiger partial charge is 0.321 e. The molecule has 8 heteroatoms. The van der Waals surface area contributed by atoms with E-state index in [1.807, 2.05) is 17.5 Å². The van der Waals surface area contributed by atoms with Crippen molar-refractivity contribution >= 4 is 34.6 Å². The minimum absolute atomic E-state index is 0.168. The molecule has 1 aliphatic heterocycles.